The maximum atomic E-state index is 14.1. The lowest BCUT2D eigenvalue weighted by Gasteiger charge is -2.48. The summed E-state index contributed by atoms with van der Waals surface area (Å²) < 4.78 is 3.58. The molecule has 3 atom stereocenters. The number of piperidine rings is 1. The van der Waals surface area contributed by atoms with Gasteiger partial charge in [0.05, 0.1) is 34.9 Å². The van der Waals surface area contributed by atoms with Gasteiger partial charge in [0, 0.05) is 99.3 Å². The standard InChI is InChI=1S/C51H64N12O4/c1-9-45(65)55-38-25-34(13-14-40(38)60-20-19-59(28-32(60)3)35-16-18-61(31(2)23-35)44-12-10-11-43(57-44)51(6,7)52)54-46-49(67)58(8)29-39(56-46)36-15-17-53-47(37(36)30-64)63-22-21-62-41(48(63)66)24-33-26-50(4,5)27-42(33)62/h9-15,17,24-25,29,31-32,35,64H,1,16,18-23,26-28,30,52H2,2-8H3,(H,54,56)(H,55,65)/t31-,32+,35?/m1/s1. The first-order valence-corrected chi connectivity index (χ1v) is 23.5. The molecule has 4 aliphatic rings. The molecule has 0 bridgehead atoms. The molecule has 2 saturated heterocycles. The second-order valence-corrected chi connectivity index (χ2v) is 20.2. The van der Waals surface area contributed by atoms with Crippen molar-refractivity contribution in [2.24, 2.45) is 18.2 Å². The minimum atomic E-state index is -0.509. The molecular weight excluding hydrogens is 845 g/mol. The zero-order valence-electron chi connectivity index (χ0n) is 39.8. The van der Waals surface area contributed by atoms with Crippen LogP contribution in [0.25, 0.3) is 11.3 Å². The summed E-state index contributed by atoms with van der Waals surface area (Å²) in [5.74, 6) is 0.878. The van der Waals surface area contributed by atoms with Gasteiger partial charge >= 0.3 is 0 Å². The molecule has 9 rings (SSSR count). The first kappa shape index (κ1) is 45.8. The number of aryl methyl sites for hydroxylation is 1. The number of hydrogen-bond acceptors (Lipinski definition) is 12. The summed E-state index contributed by atoms with van der Waals surface area (Å²) in [6.07, 6.45) is 8.37. The first-order chi connectivity index (χ1) is 31.9. The molecule has 0 spiro atoms. The number of hydrogen-bond donors (Lipinski definition) is 4. The normalized spacial score (nSPS) is 20.7. The van der Waals surface area contributed by atoms with Crippen LogP contribution in [-0.2, 0) is 43.4 Å². The SMILES string of the molecule is C=CC(=O)Nc1cc(Nc2nc(-c3ccnc(N4CCn5c(cc6c5CC(C)(C)C6)C4=O)c3CO)cn(C)c2=O)ccc1N1CCN(C2CCN(c3cccc(C(C)(C)N)n3)[C@H](C)C2)C[C@@H]1C. The van der Waals surface area contributed by atoms with Crippen LogP contribution in [0.4, 0.5) is 34.5 Å². The fourth-order valence-corrected chi connectivity index (χ4v) is 10.8. The van der Waals surface area contributed by atoms with E-state index in [1.807, 2.05) is 50.2 Å². The van der Waals surface area contributed by atoms with E-state index in [2.05, 4.69) is 75.2 Å². The Hall–Kier alpha value is -6.36. The molecule has 16 nitrogen and oxygen atoms in total. The third kappa shape index (κ3) is 8.85. The maximum absolute atomic E-state index is 14.1. The van der Waals surface area contributed by atoms with Crippen LogP contribution in [0.2, 0.25) is 0 Å². The molecule has 7 heterocycles. The molecule has 1 unspecified atom stereocenters. The molecule has 67 heavy (non-hydrogen) atoms. The molecule has 2 fully saturated rings. The van der Waals surface area contributed by atoms with Crippen LogP contribution in [0.1, 0.15) is 87.4 Å². The predicted octanol–water partition coefficient (Wildman–Crippen LogP) is 5.95. The molecule has 0 saturated carbocycles. The third-order valence-corrected chi connectivity index (χ3v) is 14.1. The van der Waals surface area contributed by atoms with E-state index in [4.69, 9.17) is 15.7 Å². The number of nitrogens with zero attached hydrogens (tertiary/aromatic N) is 9. The number of aliphatic hydroxyl groups is 1. The number of piperazine rings is 1. The van der Waals surface area contributed by atoms with Crippen molar-refractivity contribution in [1.82, 2.24) is 29.0 Å². The van der Waals surface area contributed by atoms with Gasteiger partial charge in [-0.1, -0.05) is 26.5 Å². The van der Waals surface area contributed by atoms with Gasteiger partial charge in [0.2, 0.25) is 5.91 Å². The minimum absolute atomic E-state index is 0.0503. The highest BCUT2D eigenvalue weighted by atomic mass is 16.3. The zero-order valence-corrected chi connectivity index (χ0v) is 39.8. The molecule has 0 radical (unpaired) electrons. The second kappa shape index (κ2) is 17.7. The molecular formula is C51H64N12O4. The Balaban J connectivity index is 0.924. The number of carbonyl (C=O) groups excluding carboxylic acids is 2. The van der Waals surface area contributed by atoms with Crippen molar-refractivity contribution >= 4 is 46.3 Å². The topological polar surface area (TPSA) is 183 Å². The summed E-state index contributed by atoms with van der Waals surface area (Å²) in [4.78, 5) is 64.0. The fourth-order valence-electron chi connectivity index (χ4n) is 10.8. The zero-order chi connectivity index (χ0) is 47.5. The average Bonchev–Trinajstić information content (AvgIpc) is 3.79. The molecule has 4 aromatic heterocycles. The van der Waals surface area contributed by atoms with E-state index in [-0.39, 0.29) is 34.6 Å². The van der Waals surface area contributed by atoms with Crippen LogP contribution in [0.15, 0.2) is 78.4 Å². The molecule has 2 amide bonds. The summed E-state index contributed by atoms with van der Waals surface area (Å²) in [7, 11) is 1.64. The quantitative estimate of drug-likeness (QED) is 0.115. The van der Waals surface area contributed by atoms with Crippen LogP contribution < -0.4 is 36.6 Å². The number of anilines is 6. The number of nitrogens with one attached hydrogen (secondary N) is 2. The monoisotopic (exact) mass is 909 g/mol. The van der Waals surface area contributed by atoms with Crippen molar-refractivity contribution in [3.63, 3.8) is 0 Å². The van der Waals surface area contributed by atoms with E-state index in [0.717, 1.165) is 69.1 Å². The van der Waals surface area contributed by atoms with Gasteiger partial charge in [-0.25, -0.2) is 15.0 Å². The molecule has 1 aliphatic carbocycles. The van der Waals surface area contributed by atoms with Crippen LogP contribution in [0.3, 0.4) is 0 Å². The Kier molecular flexibility index (Phi) is 12.1. The lowest BCUT2D eigenvalue weighted by Crippen LogP contribution is -2.58. The number of fused-ring (bicyclic) bond motifs is 3. The van der Waals surface area contributed by atoms with Gasteiger partial charge in [-0.3, -0.25) is 24.2 Å². The number of pyridine rings is 2. The van der Waals surface area contributed by atoms with Gasteiger partial charge < -0.3 is 40.4 Å². The summed E-state index contributed by atoms with van der Waals surface area (Å²) >= 11 is 0. The molecule has 5 N–H and O–H groups in total. The van der Waals surface area contributed by atoms with Gasteiger partial charge in [-0.05, 0) is 113 Å². The summed E-state index contributed by atoms with van der Waals surface area (Å²) in [5, 5.41) is 17.1. The fraction of sp³-hybridized carbons (Fsp3) is 0.451. The van der Waals surface area contributed by atoms with Crippen molar-refractivity contribution in [3.8, 4) is 11.3 Å². The van der Waals surface area contributed by atoms with E-state index < -0.39 is 12.1 Å². The summed E-state index contributed by atoms with van der Waals surface area (Å²) in [6.45, 7) is 20.7. The van der Waals surface area contributed by atoms with Gasteiger partial charge in [0.1, 0.15) is 17.3 Å². The highest BCUT2D eigenvalue weighted by Crippen LogP contribution is 2.41. The van der Waals surface area contributed by atoms with E-state index >= 15 is 0 Å². The summed E-state index contributed by atoms with van der Waals surface area (Å²) in [6, 6.07) is 16.4. The Morgan fingerprint density at radius 2 is 1.81 bits per heavy atom. The molecule has 352 valence electrons. The average molecular weight is 909 g/mol. The van der Waals surface area contributed by atoms with Gasteiger partial charge in [-0.15, -0.1) is 0 Å². The van der Waals surface area contributed by atoms with Gasteiger partial charge in [0.15, 0.2) is 5.82 Å². The number of nitrogens with two attached hydrogens (primary N) is 1. The highest BCUT2D eigenvalue weighted by Gasteiger charge is 2.38. The number of carbonyl (C=O) groups is 2. The predicted molar refractivity (Wildman–Crippen MR) is 264 cm³/mol. The van der Waals surface area contributed by atoms with Gasteiger partial charge in [-0.2, -0.15) is 0 Å². The lowest BCUT2D eigenvalue weighted by molar-refractivity contribution is -0.111. The van der Waals surface area contributed by atoms with E-state index in [0.29, 0.717) is 64.9 Å². The van der Waals surface area contributed by atoms with Crippen LogP contribution in [0.5, 0.6) is 0 Å². The van der Waals surface area contributed by atoms with Crippen molar-refractivity contribution in [2.75, 3.05) is 58.1 Å². The minimum Gasteiger partial charge on any atom is -0.392 e. The smallest absolute Gasteiger partial charge is 0.293 e. The number of rotatable bonds is 11. The van der Waals surface area contributed by atoms with Crippen LogP contribution >= 0.6 is 0 Å². The number of benzene rings is 1. The van der Waals surface area contributed by atoms with Crippen molar-refractivity contribution in [1.29, 1.82) is 0 Å². The van der Waals surface area contributed by atoms with Crippen molar-refractivity contribution in [3.05, 3.63) is 112 Å². The van der Waals surface area contributed by atoms with Crippen molar-refractivity contribution < 1.29 is 14.7 Å². The van der Waals surface area contributed by atoms with E-state index in [9.17, 15) is 19.5 Å². The van der Waals surface area contributed by atoms with Crippen molar-refractivity contribution in [2.45, 2.75) is 104 Å². The molecule has 3 aliphatic heterocycles. The van der Waals surface area contributed by atoms with Crippen LogP contribution in [0, 0.1) is 5.41 Å². The Morgan fingerprint density at radius 3 is 2.54 bits per heavy atom. The Morgan fingerprint density at radius 1 is 1.00 bits per heavy atom. The van der Waals surface area contributed by atoms with Gasteiger partial charge in [0.25, 0.3) is 11.5 Å². The second-order valence-electron chi connectivity index (χ2n) is 20.2. The number of aliphatic hydroxyl groups excluding tert-OH is 1. The third-order valence-electron chi connectivity index (χ3n) is 14.1. The highest BCUT2D eigenvalue weighted by molar-refractivity contribution is 6.06. The molecule has 1 aromatic carbocycles. The molecule has 5 aromatic rings. The summed E-state index contributed by atoms with van der Waals surface area (Å²) in [5.41, 5.74) is 13.0. The number of aromatic nitrogens is 5. The first-order valence-electron chi connectivity index (χ1n) is 23.5. The Bertz CT molecular complexity index is 2810. The van der Waals surface area contributed by atoms with Crippen LogP contribution in [-0.4, -0.2) is 96.8 Å². The largest absolute Gasteiger partial charge is 0.392 e. The Labute approximate surface area is 392 Å². The van der Waals surface area contributed by atoms with E-state index in [1.165, 1.54) is 21.9 Å². The molecule has 16 heteroatoms. The number of amides is 2. The van der Waals surface area contributed by atoms with E-state index in [1.54, 1.807) is 30.4 Å². The maximum Gasteiger partial charge on any atom is 0.293 e. The lowest BCUT2D eigenvalue weighted by atomic mass is 9.90.